The first kappa shape index (κ1) is 18.4. The Hall–Kier alpha value is -2.41. The molecule has 0 amide bonds. The van der Waals surface area contributed by atoms with Crippen LogP contribution in [0.15, 0.2) is 42.6 Å². The summed E-state index contributed by atoms with van der Waals surface area (Å²) in [4.78, 5) is 20.3. The Morgan fingerprint density at radius 1 is 1.04 bits per heavy atom. The third-order valence-electron chi connectivity index (χ3n) is 4.51. The van der Waals surface area contributed by atoms with Crippen molar-refractivity contribution in [3.05, 3.63) is 59.3 Å². The largest absolute Gasteiger partial charge is 0.417 e. The van der Waals surface area contributed by atoms with Gasteiger partial charge in [0.1, 0.15) is 5.82 Å². The van der Waals surface area contributed by atoms with Crippen molar-refractivity contribution in [2.45, 2.75) is 13.1 Å². The Balaban J connectivity index is 1.54. The molecule has 1 saturated heterocycles. The summed E-state index contributed by atoms with van der Waals surface area (Å²) in [5.74, 6) is 0.605. The van der Waals surface area contributed by atoms with E-state index in [1.54, 1.807) is 0 Å². The molecule has 1 aromatic carbocycles. The number of alkyl halides is 3. The molecule has 3 rings (SSSR count). The van der Waals surface area contributed by atoms with E-state index in [9.17, 15) is 18.0 Å². The summed E-state index contributed by atoms with van der Waals surface area (Å²) >= 11 is 0. The van der Waals surface area contributed by atoms with Crippen LogP contribution in [0.4, 0.5) is 19.0 Å². The Bertz CT molecular complexity index is 749. The molecule has 0 atom stereocenters. The molecule has 7 heteroatoms. The van der Waals surface area contributed by atoms with Gasteiger partial charge in [-0.1, -0.05) is 29.8 Å². The molecular formula is C19H20F3N3O. The van der Waals surface area contributed by atoms with Gasteiger partial charge in [0.15, 0.2) is 5.78 Å². The van der Waals surface area contributed by atoms with Gasteiger partial charge in [-0.25, -0.2) is 4.98 Å². The molecule has 138 valence electrons. The predicted octanol–water partition coefficient (Wildman–Crippen LogP) is 3.41. The number of aryl methyl sites for hydroxylation is 1. The summed E-state index contributed by atoms with van der Waals surface area (Å²) in [6.45, 7) is 4.90. The second kappa shape index (κ2) is 7.45. The van der Waals surface area contributed by atoms with E-state index in [1.165, 1.54) is 6.07 Å². The number of rotatable bonds is 4. The molecule has 1 aliphatic heterocycles. The van der Waals surface area contributed by atoms with E-state index in [1.807, 2.05) is 36.1 Å². The monoisotopic (exact) mass is 363 g/mol. The van der Waals surface area contributed by atoms with Gasteiger partial charge in [0, 0.05) is 37.9 Å². The summed E-state index contributed by atoms with van der Waals surface area (Å²) in [6, 6.07) is 9.95. The molecule has 0 unspecified atom stereocenters. The van der Waals surface area contributed by atoms with Crippen LogP contribution in [0.25, 0.3) is 0 Å². The van der Waals surface area contributed by atoms with Crippen LogP contribution >= 0.6 is 0 Å². The number of carbonyl (C=O) groups excluding carboxylic acids is 1. The highest BCUT2D eigenvalue weighted by molar-refractivity contribution is 5.97. The zero-order chi connectivity index (χ0) is 18.7. The molecule has 0 saturated carbocycles. The van der Waals surface area contributed by atoms with Crippen molar-refractivity contribution >= 4 is 11.6 Å². The number of benzene rings is 1. The fourth-order valence-electron chi connectivity index (χ4n) is 2.91. The minimum atomic E-state index is -4.37. The summed E-state index contributed by atoms with van der Waals surface area (Å²) in [5.41, 5.74) is 1.06. The van der Waals surface area contributed by atoms with Crippen LogP contribution in [0.3, 0.4) is 0 Å². The minimum absolute atomic E-state index is 0.0751. The van der Waals surface area contributed by atoms with Gasteiger partial charge >= 0.3 is 6.18 Å². The minimum Gasteiger partial charge on any atom is -0.354 e. The van der Waals surface area contributed by atoms with Crippen molar-refractivity contribution in [3.8, 4) is 0 Å². The van der Waals surface area contributed by atoms with E-state index in [0.29, 0.717) is 44.1 Å². The molecule has 1 fully saturated rings. The second-order valence-electron chi connectivity index (χ2n) is 6.46. The molecule has 0 bridgehead atoms. The smallest absolute Gasteiger partial charge is 0.354 e. The molecule has 4 nitrogen and oxygen atoms in total. The number of ketones is 1. The molecule has 1 aliphatic rings. The van der Waals surface area contributed by atoms with Gasteiger partial charge in [0.05, 0.1) is 12.1 Å². The van der Waals surface area contributed by atoms with Gasteiger partial charge in [0.2, 0.25) is 0 Å². The van der Waals surface area contributed by atoms with Gasteiger partial charge in [-0.2, -0.15) is 13.2 Å². The van der Waals surface area contributed by atoms with Crippen molar-refractivity contribution < 1.29 is 18.0 Å². The molecule has 26 heavy (non-hydrogen) atoms. The topological polar surface area (TPSA) is 36.4 Å². The zero-order valence-electron chi connectivity index (χ0n) is 14.5. The number of hydrogen-bond donors (Lipinski definition) is 0. The van der Waals surface area contributed by atoms with Gasteiger partial charge in [-0.15, -0.1) is 0 Å². The lowest BCUT2D eigenvalue weighted by molar-refractivity contribution is -0.137. The molecule has 1 aromatic heterocycles. The third kappa shape index (κ3) is 4.40. The average molecular weight is 363 g/mol. The first-order chi connectivity index (χ1) is 12.3. The average Bonchev–Trinajstić information content (AvgIpc) is 2.62. The number of aromatic nitrogens is 1. The van der Waals surface area contributed by atoms with E-state index in [2.05, 4.69) is 9.88 Å². The molecule has 0 N–H and O–H groups in total. The Morgan fingerprint density at radius 3 is 2.23 bits per heavy atom. The quantitative estimate of drug-likeness (QED) is 0.780. The van der Waals surface area contributed by atoms with Crippen molar-refractivity contribution in [3.63, 3.8) is 0 Å². The van der Waals surface area contributed by atoms with Gasteiger partial charge in [-0.05, 0) is 19.1 Å². The Labute approximate surface area is 150 Å². The number of hydrogen-bond acceptors (Lipinski definition) is 4. The zero-order valence-corrected chi connectivity index (χ0v) is 14.5. The summed E-state index contributed by atoms with van der Waals surface area (Å²) in [7, 11) is 0. The molecule has 2 aromatic rings. The van der Waals surface area contributed by atoms with Crippen LogP contribution in [0, 0.1) is 6.92 Å². The maximum atomic E-state index is 12.6. The molecule has 2 heterocycles. The Kier molecular flexibility index (Phi) is 5.27. The first-order valence-corrected chi connectivity index (χ1v) is 8.43. The maximum Gasteiger partial charge on any atom is 0.417 e. The van der Waals surface area contributed by atoms with E-state index in [0.717, 1.165) is 17.8 Å². The fraction of sp³-hybridized carbons (Fsp3) is 0.368. The lowest BCUT2D eigenvalue weighted by Crippen LogP contribution is -2.48. The van der Waals surface area contributed by atoms with Crippen molar-refractivity contribution in [1.82, 2.24) is 9.88 Å². The van der Waals surface area contributed by atoms with E-state index in [4.69, 9.17) is 0 Å². The number of nitrogens with zero attached hydrogens (tertiary/aromatic N) is 3. The van der Waals surface area contributed by atoms with E-state index < -0.39 is 11.7 Å². The van der Waals surface area contributed by atoms with Crippen molar-refractivity contribution in [1.29, 1.82) is 0 Å². The highest BCUT2D eigenvalue weighted by Crippen LogP contribution is 2.29. The number of Topliss-reactive ketones (excluding diaryl/α,β-unsaturated/α-hetero) is 1. The molecular weight excluding hydrogens is 343 g/mol. The highest BCUT2D eigenvalue weighted by atomic mass is 19.4. The van der Waals surface area contributed by atoms with E-state index >= 15 is 0 Å². The van der Waals surface area contributed by atoms with Crippen molar-refractivity contribution in [2.75, 3.05) is 37.6 Å². The van der Waals surface area contributed by atoms with E-state index in [-0.39, 0.29) is 5.78 Å². The normalized spacial score (nSPS) is 15.9. The number of pyridine rings is 1. The maximum absolute atomic E-state index is 12.6. The van der Waals surface area contributed by atoms with Gasteiger partial charge in [-0.3, -0.25) is 9.69 Å². The van der Waals surface area contributed by atoms with Gasteiger partial charge in [0.25, 0.3) is 0 Å². The summed E-state index contributed by atoms with van der Waals surface area (Å²) < 4.78 is 37.8. The lowest BCUT2D eigenvalue weighted by atomic mass is 10.1. The van der Waals surface area contributed by atoms with Crippen LogP contribution in [-0.4, -0.2) is 48.4 Å². The predicted molar refractivity (Wildman–Crippen MR) is 93.4 cm³/mol. The standard InChI is InChI=1S/C19H20F3N3O/c1-14-2-4-15(5-3-14)17(26)13-24-8-10-25(11-9-24)18-7-6-16(12-23-18)19(20,21)22/h2-7,12H,8-11,13H2,1H3. The second-order valence-corrected chi connectivity index (χ2v) is 6.46. The lowest BCUT2D eigenvalue weighted by Gasteiger charge is -2.35. The summed E-state index contributed by atoms with van der Waals surface area (Å²) in [6.07, 6.45) is -3.51. The first-order valence-electron chi connectivity index (χ1n) is 8.43. The molecule has 0 aliphatic carbocycles. The SMILES string of the molecule is Cc1ccc(C(=O)CN2CCN(c3ccc(C(F)(F)F)cn3)CC2)cc1. The number of piperazine rings is 1. The number of anilines is 1. The van der Waals surface area contributed by atoms with Crippen LogP contribution in [0.2, 0.25) is 0 Å². The Morgan fingerprint density at radius 2 is 1.69 bits per heavy atom. The van der Waals surface area contributed by atoms with Crippen LogP contribution < -0.4 is 4.90 Å². The van der Waals surface area contributed by atoms with Gasteiger partial charge < -0.3 is 4.90 Å². The van der Waals surface area contributed by atoms with Crippen molar-refractivity contribution in [2.24, 2.45) is 0 Å². The van der Waals surface area contributed by atoms with Crippen LogP contribution in [0.1, 0.15) is 21.5 Å². The molecule has 0 spiro atoms. The summed E-state index contributed by atoms with van der Waals surface area (Å²) in [5, 5.41) is 0. The number of halogens is 3. The third-order valence-corrected chi connectivity index (χ3v) is 4.51. The molecule has 0 radical (unpaired) electrons. The number of carbonyl (C=O) groups is 1. The van der Waals surface area contributed by atoms with Crippen LogP contribution in [0.5, 0.6) is 0 Å². The fourth-order valence-corrected chi connectivity index (χ4v) is 2.91. The highest BCUT2D eigenvalue weighted by Gasteiger charge is 2.31. The van der Waals surface area contributed by atoms with Crippen LogP contribution in [-0.2, 0) is 6.18 Å².